The molecule has 0 amide bonds. The molecule has 3 aromatic rings. The fourth-order valence-electron chi connectivity index (χ4n) is 3.67. The SMILES string of the molecule is C[C@@H]([C@H](O)c1ccccc1)N(C)/C(C#N)=C\[C@H](c1ccccc1)[C@@H](O)c1ccccc1. The molecule has 0 aliphatic carbocycles. The van der Waals surface area contributed by atoms with E-state index in [1.807, 2.05) is 97.9 Å². The standard InChI is InChI=1S/C27H28N2O2/c1-20(26(30)22-14-8-4-9-15-22)29(2)24(19-28)18-25(21-12-6-3-7-13-21)27(31)23-16-10-5-11-17-23/h3-18,20,25-27,30-31H,1-2H3/b24-18-/t20-,25+,26-,27-/m0/s1. The van der Waals surface area contributed by atoms with Gasteiger partial charge in [-0.3, -0.25) is 0 Å². The van der Waals surface area contributed by atoms with Gasteiger partial charge in [-0.25, -0.2) is 0 Å². The van der Waals surface area contributed by atoms with Crippen LogP contribution in [0.5, 0.6) is 0 Å². The largest absolute Gasteiger partial charge is 0.387 e. The molecule has 0 aliphatic heterocycles. The molecule has 31 heavy (non-hydrogen) atoms. The lowest BCUT2D eigenvalue weighted by Crippen LogP contribution is -2.34. The van der Waals surface area contributed by atoms with E-state index in [0.717, 1.165) is 16.7 Å². The number of nitriles is 1. The molecule has 0 heterocycles. The van der Waals surface area contributed by atoms with Gasteiger partial charge < -0.3 is 15.1 Å². The van der Waals surface area contributed by atoms with Crippen LogP contribution in [0, 0.1) is 11.3 Å². The third kappa shape index (κ3) is 5.40. The predicted octanol–water partition coefficient (Wildman–Crippen LogP) is 4.97. The van der Waals surface area contributed by atoms with Crippen LogP contribution < -0.4 is 0 Å². The first kappa shape index (κ1) is 22.3. The molecule has 3 aromatic carbocycles. The van der Waals surface area contributed by atoms with Crippen molar-refractivity contribution < 1.29 is 10.2 Å². The third-order valence-electron chi connectivity index (χ3n) is 5.71. The molecular weight excluding hydrogens is 384 g/mol. The van der Waals surface area contributed by atoms with Gasteiger partial charge in [0.1, 0.15) is 11.8 Å². The molecule has 4 nitrogen and oxygen atoms in total. The number of allylic oxidation sites excluding steroid dienone is 1. The van der Waals surface area contributed by atoms with Gasteiger partial charge in [-0.15, -0.1) is 0 Å². The summed E-state index contributed by atoms with van der Waals surface area (Å²) in [6, 6.07) is 30.5. The van der Waals surface area contributed by atoms with E-state index in [1.165, 1.54) is 0 Å². The van der Waals surface area contributed by atoms with Crippen molar-refractivity contribution in [2.45, 2.75) is 31.1 Å². The van der Waals surface area contributed by atoms with Crippen molar-refractivity contribution in [1.82, 2.24) is 4.90 Å². The molecular formula is C27H28N2O2. The lowest BCUT2D eigenvalue weighted by Gasteiger charge is -2.31. The van der Waals surface area contributed by atoms with Gasteiger partial charge >= 0.3 is 0 Å². The Morgan fingerprint density at radius 3 is 1.65 bits per heavy atom. The number of aliphatic hydroxyl groups is 2. The smallest absolute Gasteiger partial charge is 0.117 e. The molecule has 2 N–H and O–H groups in total. The summed E-state index contributed by atoms with van der Waals surface area (Å²) in [5.74, 6) is -0.415. The van der Waals surface area contributed by atoms with E-state index in [4.69, 9.17) is 0 Å². The Labute approximate surface area is 184 Å². The highest BCUT2D eigenvalue weighted by Crippen LogP contribution is 2.34. The topological polar surface area (TPSA) is 67.5 Å². The fraction of sp³-hybridized carbons (Fsp3) is 0.222. The summed E-state index contributed by atoms with van der Waals surface area (Å²) in [5.41, 5.74) is 2.88. The minimum Gasteiger partial charge on any atom is -0.387 e. The van der Waals surface area contributed by atoms with Crippen LogP contribution in [0.4, 0.5) is 0 Å². The zero-order valence-corrected chi connectivity index (χ0v) is 17.8. The first-order chi connectivity index (χ1) is 15.0. The summed E-state index contributed by atoms with van der Waals surface area (Å²) < 4.78 is 0. The van der Waals surface area contributed by atoms with E-state index in [1.54, 1.807) is 18.0 Å². The molecule has 0 aliphatic rings. The Morgan fingerprint density at radius 1 is 0.774 bits per heavy atom. The van der Waals surface area contributed by atoms with Crippen molar-refractivity contribution in [3.63, 3.8) is 0 Å². The van der Waals surface area contributed by atoms with Crippen LogP contribution in [-0.4, -0.2) is 28.2 Å². The summed E-state index contributed by atoms with van der Waals surface area (Å²) in [7, 11) is 1.79. The molecule has 0 saturated heterocycles. The van der Waals surface area contributed by atoms with Crippen LogP contribution >= 0.6 is 0 Å². The molecule has 4 heteroatoms. The average molecular weight is 413 g/mol. The molecule has 3 rings (SSSR count). The highest BCUT2D eigenvalue weighted by molar-refractivity contribution is 5.34. The lowest BCUT2D eigenvalue weighted by molar-refractivity contribution is 0.0905. The van der Waals surface area contributed by atoms with Gasteiger partial charge in [0.2, 0.25) is 0 Å². The molecule has 0 aromatic heterocycles. The minimum atomic E-state index is -0.810. The predicted molar refractivity (Wildman–Crippen MR) is 123 cm³/mol. The Balaban J connectivity index is 1.94. The van der Waals surface area contributed by atoms with Crippen molar-refractivity contribution in [2.75, 3.05) is 7.05 Å². The lowest BCUT2D eigenvalue weighted by atomic mass is 9.88. The highest BCUT2D eigenvalue weighted by atomic mass is 16.3. The van der Waals surface area contributed by atoms with E-state index in [-0.39, 0.29) is 6.04 Å². The van der Waals surface area contributed by atoms with Crippen LogP contribution in [-0.2, 0) is 0 Å². The third-order valence-corrected chi connectivity index (χ3v) is 5.71. The Bertz CT molecular complexity index is 1010. The highest BCUT2D eigenvalue weighted by Gasteiger charge is 2.26. The maximum absolute atomic E-state index is 11.2. The second kappa shape index (κ2) is 10.6. The Morgan fingerprint density at radius 2 is 1.19 bits per heavy atom. The van der Waals surface area contributed by atoms with Crippen LogP contribution in [0.2, 0.25) is 0 Å². The van der Waals surface area contributed by atoms with E-state index in [2.05, 4.69) is 6.07 Å². The molecule has 0 fully saturated rings. The molecule has 0 unspecified atom stereocenters. The van der Waals surface area contributed by atoms with Gasteiger partial charge in [0.15, 0.2) is 0 Å². The molecule has 0 saturated carbocycles. The number of hydrogen-bond donors (Lipinski definition) is 2. The van der Waals surface area contributed by atoms with Gasteiger partial charge in [0.05, 0.1) is 18.2 Å². The maximum atomic E-state index is 11.2. The summed E-state index contributed by atoms with van der Waals surface area (Å²) in [5, 5.41) is 31.9. The van der Waals surface area contributed by atoms with Gasteiger partial charge in [-0.1, -0.05) is 91.0 Å². The van der Waals surface area contributed by atoms with E-state index < -0.39 is 18.1 Å². The number of likely N-dealkylation sites (N-methyl/N-ethyl adjacent to an activating group) is 1. The van der Waals surface area contributed by atoms with Gasteiger partial charge in [0, 0.05) is 13.0 Å². The number of hydrogen-bond acceptors (Lipinski definition) is 4. The van der Waals surface area contributed by atoms with Crippen molar-refractivity contribution in [1.29, 1.82) is 5.26 Å². The maximum Gasteiger partial charge on any atom is 0.117 e. The van der Waals surface area contributed by atoms with Crippen LogP contribution in [0.25, 0.3) is 0 Å². The van der Waals surface area contributed by atoms with E-state index >= 15 is 0 Å². The van der Waals surface area contributed by atoms with Crippen molar-refractivity contribution in [3.8, 4) is 6.07 Å². The Hall–Kier alpha value is -3.39. The second-order valence-electron chi connectivity index (χ2n) is 7.66. The number of benzene rings is 3. The molecule has 0 radical (unpaired) electrons. The average Bonchev–Trinajstić information content (AvgIpc) is 2.84. The minimum absolute atomic E-state index is 0.335. The quantitative estimate of drug-likeness (QED) is 0.513. The van der Waals surface area contributed by atoms with Gasteiger partial charge in [-0.2, -0.15) is 5.26 Å². The monoisotopic (exact) mass is 412 g/mol. The number of rotatable bonds is 8. The van der Waals surface area contributed by atoms with E-state index in [9.17, 15) is 15.5 Å². The van der Waals surface area contributed by atoms with Crippen molar-refractivity contribution in [3.05, 3.63) is 119 Å². The van der Waals surface area contributed by atoms with E-state index in [0.29, 0.717) is 5.70 Å². The first-order valence-corrected chi connectivity index (χ1v) is 10.4. The number of nitrogens with zero attached hydrogens (tertiary/aromatic N) is 2. The van der Waals surface area contributed by atoms with Crippen molar-refractivity contribution >= 4 is 0 Å². The molecule has 158 valence electrons. The van der Waals surface area contributed by atoms with Gasteiger partial charge in [-0.05, 0) is 29.7 Å². The van der Waals surface area contributed by atoms with Gasteiger partial charge in [0.25, 0.3) is 0 Å². The number of aliphatic hydroxyl groups excluding tert-OH is 2. The summed E-state index contributed by atoms with van der Waals surface area (Å²) >= 11 is 0. The van der Waals surface area contributed by atoms with Crippen LogP contribution in [0.3, 0.4) is 0 Å². The zero-order valence-electron chi connectivity index (χ0n) is 17.8. The summed E-state index contributed by atoms with van der Waals surface area (Å²) in [6.45, 7) is 1.88. The van der Waals surface area contributed by atoms with Crippen LogP contribution in [0.1, 0.15) is 41.7 Å². The summed E-state index contributed by atoms with van der Waals surface area (Å²) in [4.78, 5) is 1.77. The molecule has 0 bridgehead atoms. The second-order valence-corrected chi connectivity index (χ2v) is 7.66. The Kier molecular flexibility index (Phi) is 7.61. The zero-order chi connectivity index (χ0) is 22.2. The first-order valence-electron chi connectivity index (χ1n) is 10.4. The van der Waals surface area contributed by atoms with Crippen molar-refractivity contribution in [2.24, 2.45) is 0 Å². The molecule has 4 atom stereocenters. The van der Waals surface area contributed by atoms with Crippen LogP contribution in [0.15, 0.2) is 103 Å². The summed E-state index contributed by atoms with van der Waals surface area (Å²) in [6.07, 6.45) is 0.230. The normalized spacial score (nSPS) is 15.4. The molecule has 0 spiro atoms. The fourth-order valence-corrected chi connectivity index (χ4v) is 3.67.